The number of aromatic amines is 1. The molecule has 94 valence electrons. The third kappa shape index (κ3) is 2.26. The van der Waals surface area contributed by atoms with Gasteiger partial charge in [0.15, 0.2) is 5.82 Å². The lowest BCUT2D eigenvalue weighted by molar-refractivity contribution is 0.0497. The van der Waals surface area contributed by atoms with E-state index in [1.165, 1.54) is 6.33 Å². The van der Waals surface area contributed by atoms with E-state index in [1.807, 2.05) is 4.90 Å². The highest BCUT2D eigenvalue weighted by molar-refractivity contribution is 5.61. The number of nitrogens with zero attached hydrogens (tertiary/aromatic N) is 2. The van der Waals surface area contributed by atoms with Gasteiger partial charge in [0, 0.05) is 20.2 Å². The van der Waals surface area contributed by atoms with Crippen LogP contribution in [0.1, 0.15) is 13.3 Å². The number of methoxy groups -OCH3 is 1. The van der Waals surface area contributed by atoms with Crippen LogP contribution >= 0.6 is 0 Å². The molecule has 0 amide bonds. The Kier molecular flexibility index (Phi) is 3.33. The summed E-state index contributed by atoms with van der Waals surface area (Å²) in [4.78, 5) is 20.0. The van der Waals surface area contributed by atoms with Crippen molar-refractivity contribution in [2.45, 2.75) is 19.4 Å². The molecule has 2 unspecified atom stereocenters. The normalized spacial score (nSPS) is 24.9. The number of hydrogen-bond donors (Lipinski definition) is 2. The summed E-state index contributed by atoms with van der Waals surface area (Å²) in [5.74, 6) is 1.07. The number of hydrogen-bond acceptors (Lipinski definition) is 5. The maximum Gasteiger partial charge on any atom is 0.276 e. The molecule has 0 aromatic carbocycles. The summed E-state index contributed by atoms with van der Waals surface area (Å²) in [5, 5.41) is 0. The van der Waals surface area contributed by atoms with Gasteiger partial charge >= 0.3 is 0 Å². The molecule has 1 aromatic heterocycles. The average molecular weight is 238 g/mol. The lowest BCUT2D eigenvalue weighted by Crippen LogP contribution is -2.45. The van der Waals surface area contributed by atoms with Crippen molar-refractivity contribution in [3.63, 3.8) is 0 Å². The Morgan fingerprint density at radius 1 is 1.65 bits per heavy atom. The van der Waals surface area contributed by atoms with Crippen molar-refractivity contribution in [1.29, 1.82) is 0 Å². The van der Waals surface area contributed by atoms with Crippen LogP contribution in [-0.4, -0.2) is 36.3 Å². The standard InChI is InChI=1S/C11H18N4O2/c1-7-3-4-15(5-8(7)17-2)10-9(12)11(16)14-6-13-10/h6-8H,3-5,12H2,1-2H3,(H,13,14,16). The van der Waals surface area contributed by atoms with E-state index in [0.29, 0.717) is 11.7 Å². The lowest BCUT2D eigenvalue weighted by Gasteiger charge is -2.37. The van der Waals surface area contributed by atoms with Gasteiger partial charge < -0.3 is 20.4 Å². The van der Waals surface area contributed by atoms with Crippen molar-refractivity contribution in [2.24, 2.45) is 5.92 Å². The van der Waals surface area contributed by atoms with Crippen molar-refractivity contribution in [3.8, 4) is 0 Å². The maximum atomic E-state index is 11.4. The topological polar surface area (TPSA) is 84.2 Å². The van der Waals surface area contributed by atoms with E-state index in [0.717, 1.165) is 19.5 Å². The number of piperidine rings is 1. The molecule has 1 saturated heterocycles. The molecular formula is C11H18N4O2. The molecule has 2 heterocycles. The molecule has 0 bridgehead atoms. The molecule has 0 spiro atoms. The fourth-order valence-electron chi connectivity index (χ4n) is 2.19. The SMILES string of the molecule is COC1CN(c2nc[nH]c(=O)c2N)CCC1C. The summed E-state index contributed by atoms with van der Waals surface area (Å²) in [6.45, 7) is 3.74. The Labute approximate surface area is 99.8 Å². The predicted octanol–water partition coefficient (Wildman–Crippen LogP) is 0.213. The van der Waals surface area contributed by atoms with Crippen LogP contribution in [0.5, 0.6) is 0 Å². The predicted molar refractivity (Wildman–Crippen MR) is 66.1 cm³/mol. The fourth-order valence-corrected chi connectivity index (χ4v) is 2.19. The Morgan fingerprint density at radius 3 is 3.12 bits per heavy atom. The van der Waals surface area contributed by atoms with Gasteiger partial charge in [-0.25, -0.2) is 4.98 Å². The van der Waals surface area contributed by atoms with E-state index < -0.39 is 0 Å². The van der Waals surface area contributed by atoms with E-state index in [2.05, 4.69) is 16.9 Å². The zero-order valence-corrected chi connectivity index (χ0v) is 10.1. The number of rotatable bonds is 2. The van der Waals surface area contributed by atoms with Gasteiger partial charge in [-0.1, -0.05) is 6.92 Å². The van der Waals surface area contributed by atoms with Gasteiger partial charge in [0.2, 0.25) is 0 Å². The molecule has 17 heavy (non-hydrogen) atoms. The summed E-state index contributed by atoms with van der Waals surface area (Å²) in [7, 11) is 1.71. The van der Waals surface area contributed by atoms with Crippen LogP contribution in [0.4, 0.5) is 11.5 Å². The highest BCUT2D eigenvalue weighted by Crippen LogP contribution is 2.25. The zero-order valence-electron chi connectivity index (χ0n) is 10.1. The number of aromatic nitrogens is 2. The zero-order chi connectivity index (χ0) is 12.4. The van der Waals surface area contributed by atoms with Crippen molar-refractivity contribution in [2.75, 3.05) is 30.8 Å². The molecule has 6 nitrogen and oxygen atoms in total. The molecule has 0 radical (unpaired) electrons. The molecular weight excluding hydrogens is 220 g/mol. The highest BCUT2D eigenvalue weighted by Gasteiger charge is 2.27. The third-order valence-electron chi connectivity index (χ3n) is 3.36. The minimum Gasteiger partial charge on any atom is -0.391 e. The van der Waals surface area contributed by atoms with E-state index in [-0.39, 0.29) is 17.4 Å². The monoisotopic (exact) mass is 238 g/mol. The molecule has 1 aromatic rings. The first-order valence-electron chi connectivity index (χ1n) is 5.74. The first-order valence-corrected chi connectivity index (χ1v) is 5.74. The lowest BCUT2D eigenvalue weighted by atomic mass is 9.96. The first kappa shape index (κ1) is 11.9. The smallest absolute Gasteiger partial charge is 0.276 e. The van der Waals surface area contributed by atoms with Gasteiger partial charge in [0.25, 0.3) is 5.56 Å². The van der Waals surface area contributed by atoms with Crippen LogP contribution in [0.2, 0.25) is 0 Å². The molecule has 0 saturated carbocycles. The Bertz CT molecular complexity index is 445. The molecule has 6 heteroatoms. The van der Waals surface area contributed by atoms with Gasteiger partial charge in [-0.05, 0) is 12.3 Å². The second-order valence-corrected chi connectivity index (χ2v) is 4.46. The van der Waals surface area contributed by atoms with Crippen LogP contribution in [0.15, 0.2) is 11.1 Å². The van der Waals surface area contributed by atoms with Gasteiger partial charge in [0.1, 0.15) is 5.69 Å². The van der Waals surface area contributed by atoms with Crippen molar-refractivity contribution in [1.82, 2.24) is 9.97 Å². The first-order chi connectivity index (χ1) is 8.13. The molecule has 1 aliphatic heterocycles. The summed E-state index contributed by atoms with van der Waals surface area (Å²) in [6.07, 6.45) is 2.55. The molecule has 0 aliphatic carbocycles. The molecule has 1 aliphatic rings. The number of anilines is 2. The Balaban J connectivity index is 2.23. The number of nitrogen functional groups attached to an aromatic ring is 1. The second-order valence-electron chi connectivity index (χ2n) is 4.46. The summed E-state index contributed by atoms with van der Waals surface area (Å²) >= 11 is 0. The minimum atomic E-state index is -0.289. The van der Waals surface area contributed by atoms with Crippen LogP contribution in [0.3, 0.4) is 0 Å². The van der Waals surface area contributed by atoms with E-state index in [9.17, 15) is 4.79 Å². The number of nitrogens with two attached hydrogens (primary N) is 1. The molecule has 1 fully saturated rings. The van der Waals surface area contributed by atoms with Crippen molar-refractivity contribution >= 4 is 11.5 Å². The van der Waals surface area contributed by atoms with Crippen molar-refractivity contribution < 1.29 is 4.74 Å². The maximum absolute atomic E-state index is 11.4. The average Bonchev–Trinajstić information content (AvgIpc) is 2.34. The number of ether oxygens (including phenoxy) is 1. The summed E-state index contributed by atoms with van der Waals surface area (Å²) in [6, 6.07) is 0. The van der Waals surface area contributed by atoms with Gasteiger partial charge in [0.05, 0.1) is 12.4 Å². The van der Waals surface area contributed by atoms with E-state index in [1.54, 1.807) is 7.11 Å². The summed E-state index contributed by atoms with van der Waals surface area (Å²) < 4.78 is 5.43. The Hall–Kier alpha value is -1.56. The van der Waals surface area contributed by atoms with E-state index >= 15 is 0 Å². The van der Waals surface area contributed by atoms with E-state index in [4.69, 9.17) is 10.5 Å². The number of nitrogens with one attached hydrogen (secondary N) is 1. The second kappa shape index (κ2) is 4.75. The van der Waals surface area contributed by atoms with Gasteiger partial charge in [-0.3, -0.25) is 4.79 Å². The number of H-pyrrole nitrogens is 1. The van der Waals surface area contributed by atoms with Crippen molar-refractivity contribution in [3.05, 3.63) is 16.7 Å². The molecule has 2 atom stereocenters. The van der Waals surface area contributed by atoms with Crippen LogP contribution in [0, 0.1) is 5.92 Å². The van der Waals surface area contributed by atoms with Crippen LogP contribution < -0.4 is 16.2 Å². The molecule has 3 N–H and O–H groups in total. The highest BCUT2D eigenvalue weighted by atomic mass is 16.5. The van der Waals surface area contributed by atoms with Gasteiger partial charge in [-0.15, -0.1) is 0 Å². The fraction of sp³-hybridized carbons (Fsp3) is 0.636. The quantitative estimate of drug-likeness (QED) is 0.769. The largest absolute Gasteiger partial charge is 0.391 e. The van der Waals surface area contributed by atoms with Crippen LogP contribution in [0.25, 0.3) is 0 Å². The van der Waals surface area contributed by atoms with Crippen LogP contribution in [-0.2, 0) is 4.74 Å². The Morgan fingerprint density at radius 2 is 2.41 bits per heavy atom. The third-order valence-corrected chi connectivity index (χ3v) is 3.36. The minimum absolute atomic E-state index is 0.157. The van der Waals surface area contributed by atoms with Gasteiger partial charge in [-0.2, -0.15) is 0 Å². The molecule has 2 rings (SSSR count). The summed E-state index contributed by atoms with van der Waals surface area (Å²) in [5.41, 5.74) is 5.63.